The smallest absolute Gasteiger partial charge is 0.256 e. The number of hydrogen-bond donors (Lipinski definition) is 2. The third-order valence-electron chi connectivity index (χ3n) is 6.99. The first kappa shape index (κ1) is 27.0. The van der Waals surface area contributed by atoms with Crippen LogP contribution in [0.5, 0.6) is 0 Å². The van der Waals surface area contributed by atoms with Gasteiger partial charge in [-0.3, -0.25) is 14.0 Å². The number of carbonyl (C=O) groups excluding carboxylic acids is 2. The monoisotopic (exact) mass is 538 g/mol. The van der Waals surface area contributed by atoms with Gasteiger partial charge in [0.25, 0.3) is 5.91 Å². The Kier molecular flexibility index (Phi) is 7.88. The fourth-order valence-electron chi connectivity index (χ4n) is 5.02. The first-order valence-electron chi connectivity index (χ1n) is 13.4. The number of fused-ring (bicyclic) bond motifs is 1. The molecule has 5 rings (SSSR count). The molecule has 206 valence electrons. The van der Waals surface area contributed by atoms with Crippen LogP contribution in [0.25, 0.3) is 16.8 Å². The van der Waals surface area contributed by atoms with Crippen LogP contribution in [0, 0.1) is 6.92 Å². The molecule has 0 bridgehead atoms. The van der Waals surface area contributed by atoms with Gasteiger partial charge in [-0.2, -0.15) is 0 Å². The van der Waals surface area contributed by atoms with Crippen LogP contribution in [-0.4, -0.2) is 68.2 Å². The molecule has 1 unspecified atom stereocenters. The van der Waals surface area contributed by atoms with Crippen LogP contribution in [0.3, 0.4) is 0 Å². The maximum absolute atomic E-state index is 13.1. The predicted molar refractivity (Wildman–Crippen MR) is 156 cm³/mol. The molecule has 0 radical (unpaired) electrons. The molecule has 4 heterocycles. The zero-order chi connectivity index (χ0) is 28.2. The number of aryl methyl sites for hydroxylation is 1. The Morgan fingerprint density at radius 3 is 2.67 bits per heavy atom. The van der Waals surface area contributed by atoms with E-state index in [-0.39, 0.29) is 17.9 Å². The number of likely N-dealkylation sites (N-methyl/N-ethyl adjacent to an activating group) is 1. The number of rotatable bonds is 8. The summed E-state index contributed by atoms with van der Waals surface area (Å²) in [4.78, 5) is 43.4. The standard InChI is InChI=1S/C30H34N8O2/c1-20-13-14-32-24(19-20)34-30(40)22-11-9-21(10-12-22)26-27-28(31)33-15-18-38(27)29(35-26)23-7-6-17-37(23)25(39)8-4-5-16-36(2)3/h4-5,9-15,18-19,23H,6-8,16-17H2,1-3H3,(H2,31,33)(H,32,34,40)/b5-4+. The van der Waals surface area contributed by atoms with Crippen molar-refractivity contribution < 1.29 is 9.59 Å². The van der Waals surface area contributed by atoms with Gasteiger partial charge in [0.15, 0.2) is 0 Å². The summed E-state index contributed by atoms with van der Waals surface area (Å²) < 4.78 is 1.94. The van der Waals surface area contributed by atoms with Crippen molar-refractivity contribution >= 4 is 29.0 Å². The zero-order valence-electron chi connectivity index (χ0n) is 23.0. The Morgan fingerprint density at radius 2 is 1.93 bits per heavy atom. The molecule has 1 fully saturated rings. The van der Waals surface area contributed by atoms with E-state index in [4.69, 9.17) is 10.7 Å². The third kappa shape index (κ3) is 5.72. The Labute approximate surface area is 233 Å². The minimum Gasteiger partial charge on any atom is -0.382 e. The summed E-state index contributed by atoms with van der Waals surface area (Å²) in [5, 5.41) is 2.83. The molecular formula is C30H34N8O2. The Morgan fingerprint density at radius 1 is 1.12 bits per heavy atom. The van der Waals surface area contributed by atoms with Gasteiger partial charge < -0.3 is 20.9 Å². The highest BCUT2D eigenvalue weighted by Crippen LogP contribution is 2.36. The summed E-state index contributed by atoms with van der Waals surface area (Å²) in [5.74, 6) is 1.44. The molecule has 1 aliphatic rings. The van der Waals surface area contributed by atoms with Gasteiger partial charge in [-0.15, -0.1) is 0 Å². The Bertz CT molecular complexity index is 1560. The van der Waals surface area contributed by atoms with Gasteiger partial charge in [0.2, 0.25) is 5.91 Å². The van der Waals surface area contributed by atoms with Crippen molar-refractivity contribution in [2.75, 3.05) is 38.2 Å². The molecule has 0 saturated carbocycles. The summed E-state index contributed by atoms with van der Waals surface area (Å²) in [5.41, 5.74) is 10.0. The highest BCUT2D eigenvalue weighted by atomic mass is 16.2. The van der Waals surface area contributed by atoms with Gasteiger partial charge in [-0.1, -0.05) is 24.3 Å². The first-order valence-corrected chi connectivity index (χ1v) is 13.4. The van der Waals surface area contributed by atoms with Crippen molar-refractivity contribution in [1.29, 1.82) is 0 Å². The van der Waals surface area contributed by atoms with E-state index in [2.05, 4.69) is 20.2 Å². The normalized spacial score (nSPS) is 15.4. The van der Waals surface area contributed by atoms with Gasteiger partial charge in [-0.05, 0) is 63.7 Å². The van der Waals surface area contributed by atoms with E-state index in [1.54, 1.807) is 24.5 Å². The van der Waals surface area contributed by atoms with Crippen LogP contribution in [0.4, 0.5) is 11.6 Å². The molecule has 10 nitrogen and oxygen atoms in total. The summed E-state index contributed by atoms with van der Waals surface area (Å²) in [6, 6.07) is 10.7. The van der Waals surface area contributed by atoms with Crippen molar-refractivity contribution in [2.45, 2.75) is 32.2 Å². The molecule has 0 aliphatic carbocycles. The molecule has 3 N–H and O–H groups in total. The van der Waals surface area contributed by atoms with E-state index >= 15 is 0 Å². The first-order chi connectivity index (χ1) is 19.3. The lowest BCUT2D eigenvalue weighted by molar-refractivity contribution is -0.131. The van der Waals surface area contributed by atoms with Gasteiger partial charge in [0, 0.05) is 49.2 Å². The van der Waals surface area contributed by atoms with Crippen molar-refractivity contribution in [1.82, 2.24) is 29.2 Å². The average Bonchev–Trinajstić information content (AvgIpc) is 3.57. The number of amides is 2. The van der Waals surface area contributed by atoms with Gasteiger partial charge in [-0.25, -0.2) is 15.0 Å². The second-order valence-corrected chi connectivity index (χ2v) is 10.3. The van der Waals surface area contributed by atoms with E-state index in [1.165, 1.54) is 0 Å². The van der Waals surface area contributed by atoms with E-state index in [1.807, 2.05) is 72.9 Å². The summed E-state index contributed by atoms with van der Waals surface area (Å²) in [6.45, 7) is 3.43. The van der Waals surface area contributed by atoms with E-state index in [0.717, 1.165) is 36.3 Å². The number of nitrogen functional groups attached to an aromatic ring is 1. The number of nitrogens with one attached hydrogen (secondary N) is 1. The van der Waals surface area contributed by atoms with Crippen LogP contribution in [0.1, 0.15) is 47.1 Å². The maximum atomic E-state index is 13.1. The van der Waals surface area contributed by atoms with Crippen LogP contribution >= 0.6 is 0 Å². The van der Waals surface area contributed by atoms with E-state index in [9.17, 15) is 9.59 Å². The van der Waals surface area contributed by atoms with E-state index < -0.39 is 0 Å². The number of hydrogen-bond acceptors (Lipinski definition) is 7. The highest BCUT2D eigenvalue weighted by molar-refractivity contribution is 6.04. The molecule has 1 aromatic carbocycles. The molecule has 4 aromatic rings. The van der Waals surface area contributed by atoms with Gasteiger partial charge in [0.05, 0.1) is 6.04 Å². The van der Waals surface area contributed by atoms with Crippen LogP contribution in [0.2, 0.25) is 0 Å². The van der Waals surface area contributed by atoms with Crippen molar-refractivity contribution in [2.24, 2.45) is 0 Å². The zero-order valence-corrected chi connectivity index (χ0v) is 23.0. The van der Waals surface area contributed by atoms with Gasteiger partial charge in [0.1, 0.15) is 28.7 Å². The molecule has 2 amide bonds. The molecule has 40 heavy (non-hydrogen) atoms. The minimum absolute atomic E-state index is 0.0799. The number of likely N-dealkylation sites (tertiary alicyclic amines) is 1. The third-order valence-corrected chi connectivity index (χ3v) is 6.99. The van der Waals surface area contributed by atoms with E-state index in [0.29, 0.717) is 41.4 Å². The molecule has 1 atom stereocenters. The Balaban J connectivity index is 1.42. The van der Waals surface area contributed by atoms with Crippen LogP contribution in [-0.2, 0) is 4.79 Å². The average molecular weight is 539 g/mol. The summed E-state index contributed by atoms with van der Waals surface area (Å²) in [7, 11) is 3.99. The van der Waals surface area contributed by atoms with Crippen molar-refractivity contribution in [3.63, 3.8) is 0 Å². The number of nitrogens with zero attached hydrogens (tertiary/aromatic N) is 6. The largest absolute Gasteiger partial charge is 0.382 e. The summed E-state index contributed by atoms with van der Waals surface area (Å²) in [6.07, 6.45) is 11.2. The highest BCUT2D eigenvalue weighted by Gasteiger charge is 2.33. The second-order valence-electron chi connectivity index (χ2n) is 10.3. The van der Waals surface area contributed by atoms with Crippen LogP contribution < -0.4 is 11.1 Å². The summed E-state index contributed by atoms with van der Waals surface area (Å²) >= 11 is 0. The van der Waals surface area contributed by atoms with Gasteiger partial charge >= 0.3 is 0 Å². The number of aromatic nitrogens is 4. The lowest BCUT2D eigenvalue weighted by atomic mass is 10.1. The topological polar surface area (TPSA) is 122 Å². The fraction of sp³-hybridized carbons (Fsp3) is 0.300. The predicted octanol–water partition coefficient (Wildman–Crippen LogP) is 4.11. The molecular weight excluding hydrogens is 504 g/mol. The van der Waals surface area contributed by atoms with Crippen molar-refractivity contribution in [3.05, 3.63) is 84.1 Å². The van der Waals surface area contributed by atoms with Crippen molar-refractivity contribution in [3.8, 4) is 11.3 Å². The maximum Gasteiger partial charge on any atom is 0.256 e. The lowest BCUT2D eigenvalue weighted by Crippen LogP contribution is -2.31. The number of benzene rings is 1. The number of pyridine rings is 1. The second kappa shape index (κ2) is 11.7. The van der Waals surface area contributed by atoms with Crippen LogP contribution in [0.15, 0.2) is 67.1 Å². The molecule has 0 spiro atoms. The molecule has 10 heteroatoms. The number of carbonyl (C=O) groups is 2. The number of imidazole rings is 1. The Hall–Kier alpha value is -4.57. The number of nitrogens with two attached hydrogens (primary N) is 1. The molecule has 1 aliphatic heterocycles. The number of anilines is 2. The SMILES string of the molecule is Cc1ccnc(NC(=O)c2ccc(-c3nc(C4CCCN4C(=O)C/C=C/CN(C)C)n4ccnc(N)c34)cc2)c1. The quantitative estimate of drug-likeness (QED) is 0.324. The minimum atomic E-state index is -0.249. The molecule has 3 aromatic heterocycles. The fourth-order valence-corrected chi connectivity index (χ4v) is 5.02. The lowest BCUT2D eigenvalue weighted by Gasteiger charge is -2.23. The molecule has 1 saturated heterocycles.